The molecule has 0 unspecified atom stereocenters. The van der Waals surface area contributed by atoms with Gasteiger partial charge in [-0.15, -0.1) is 0 Å². The maximum atomic E-state index is 12.6. The third-order valence-corrected chi connectivity index (χ3v) is 4.85. The summed E-state index contributed by atoms with van der Waals surface area (Å²) in [5.74, 6) is -2.01. The first kappa shape index (κ1) is 20.3. The number of nitrogens with zero attached hydrogens (tertiary/aromatic N) is 1. The third-order valence-electron chi connectivity index (χ3n) is 4.85. The van der Waals surface area contributed by atoms with Crippen LogP contribution in [0.5, 0.6) is 0 Å². The molecule has 7 heteroatoms. The number of imide groups is 1. The molecule has 7 nitrogen and oxygen atoms in total. The van der Waals surface area contributed by atoms with Crippen molar-refractivity contribution in [2.45, 2.75) is 33.2 Å². The highest BCUT2D eigenvalue weighted by Crippen LogP contribution is 2.26. The number of carbonyl (C=O) groups is 4. The van der Waals surface area contributed by atoms with Gasteiger partial charge in [0.1, 0.15) is 0 Å². The number of nitrogens with one attached hydrogen (secondary N) is 1. The minimum absolute atomic E-state index is 0.110. The van der Waals surface area contributed by atoms with Crippen LogP contribution >= 0.6 is 0 Å². The Labute approximate surface area is 168 Å². The molecule has 29 heavy (non-hydrogen) atoms. The number of hydrogen-bond acceptors (Lipinski definition) is 5. The molecule has 2 aromatic rings. The van der Waals surface area contributed by atoms with Gasteiger partial charge in [0.05, 0.1) is 16.7 Å². The second-order valence-electron chi connectivity index (χ2n) is 6.99. The number of hydrogen-bond donors (Lipinski definition) is 1. The number of benzene rings is 2. The number of aryl methyl sites for hydroxylation is 1. The fraction of sp³-hybridized carbons (Fsp3) is 0.273. The second kappa shape index (κ2) is 8.26. The van der Waals surface area contributed by atoms with Crippen molar-refractivity contribution in [3.63, 3.8) is 0 Å². The fourth-order valence-corrected chi connectivity index (χ4v) is 3.02. The normalized spacial score (nSPS) is 13.8. The molecule has 1 N–H and O–H groups in total. The second-order valence-corrected chi connectivity index (χ2v) is 6.99. The van der Waals surface area contributed by atoms with Crippen molar-refractivity contribution in [1.29, 1.82) is 0 Å². The van der Waals surface area contributed by atoms with Crippen molar-refractivity contribution in [2.24, 2.45) is 0 Å². The minimum atomic E-state index is -0.742. The van der Waals surface area contributed by atoms with Gasteiger partial charge in [-0.3, -0.25) is 19.3 Å². The van der Waals surface area contributed by atoms with Gasteiger partial charge in [0.2, 0.25) is 0 Å². The van der Waals surface area contributed by atoms with Crippen LogP contribution in [0.1, 0.15) is 56.9 Å². The van der Waals surface area contributed by atoms with Crippen LogP contribution in [0.3, 0.4) is 0 Å². The van der Waals surface area contributed by atoms with E-state index >= 15 is 0 Å². The minimum Gasteiger partial charge on any atom is -0.452 e. The Kier molecular flexibility index (Phi) is 5.77. The molecule has 3 amide bonds. The Bertz CT molecular complexity index is 981. The van der Waals surface area contributed by atoms with E-state index in [1.54, 1.807) is 19.1 Å². The highest BCUT2D eigenvalue weighted by Gasteiger charge is 2.38. The van der Waals surface area contributed by atoms with Crippen LogP contribution in [-0.2, 0) is 9.53 Å². The summed E-state index contributed by atoms with van der Waals surface area (Å²) < 4.78 is 5.04. The first-order valence-corrected chi connectivity index (χ1v) is 9.37. The highest BCUT2D eigenvalue weighted by atomic mass is 16.5. The first-order chi connectivity index (χ1) is 13.8. The average Bonchev–Trinajstić information content (AvgIpc) is 2.97. The molecule has 1 aliphatic heterocycles. The largest absolute Gasteiger partial charge is 0.452 e. The lowest BCUT2D eigenvalue weighted by Gasteiger charge is -2.20. The van der Waals surface area contributed by atoms with Gasteiger partial charge in [0, 0.05) is 11.7 Å². The number of ether oxygens (including phenoxy) is 1. The Morgan fingerprint density at radius 2 is 1.69 bits per heavy atom. The van der Waals surface area contributed by atoms with Crippen LogP contribution in [0.15, 0.2) is 42.5 Å². The Hall–Kier alpha value is -3.48. The van der Waals surface area contributed by atoms with Gasteiger partial charge < -0.3 is 10.1 Å². The zero-order valence-electron chi connectivity index (χ0n) is 16.5. The van der Waals surface area contributed by atoms with Gasteiger partial charge in [-0.25, -0.2) is 4.79 Å². The number of anilines is 1. The summed E-state index contributed by atoms with van der Waals surface area (Å²) in [6.45, 7) is 5.16. The van der Waals surface area contributed by atoms with Crippen molar-refractivity contribution in [3.05, 3.63) is 64.7 Å². The predicted molar refractivity (Wildman–Crippen MR) is 107 cm³/mol. The quantitative estimate of drug-likeness (QED) is 0.600. The van der Waals surface area contributed by atoms with E-state index in [4.69, 9.17) is 4.74 Å². The molecule has 0 fully saturated rings. The molecule has 0 aliphatic carbocycles. The SMILES string of the molecule is CC[C@@H](C)N1C(=O)c2ccc(C(=O)OCC(=O)Nc3ccc(C)cc3)cc2C1=O. The number of amides is 3. The van der Waals surface area contributed by atoms with Gasteiger partial charge in [-0.1, -0.05) is 24.6 Å². The summed E-state index contributed by atoms with van der Waals surface area (Å²) in [4.78, 5) is 50.5. The van der Waals surface area contributed by atoms with Crippen molar-refractivity contribution < 1.29 is 23.9 Å². The molecule has 3 rings (SSSR count). The molecule has 0 saturated carbocycles. The maximum absolute atomic E-state index is 12.6. The molecule has 1 atom stereocenters. The Balaban J connectivity index is 1.65. The van der Waals surface area contributed by atoms with Crippen LogP contribution in [0.25, 0.3) is 0 Å². The van der Waals surface area contributed by atoms with Crippen LogP contribution in [-0.4, -0.2) is 41.2 Å². The summed E-state index contributed by atoms with van der Waals surface area (Å²) in [5.41, 5.74) is 2.21. The van der Waals surface area contributed by atoms with Gasteiger partial charge in [0.15, 0.2) is 6.61 Å². The number of esters is 1. The third kappa shape index (κ3) is 4.18. The number of rotatable bonds is 6. The highest BCUT2D eigenvalue weighted by molar-refractivity contribution is 6.22. The van der Waals surface area contributed by atoms with Gasteiger partial charge in [-0.2, -0.15) is 0 Å². The van der Waals surface area contributed by atoms with E-state index in [9.17, 15) is 19.2 Å². The summed E-state index contributed by atoms with van der Waals surface area (Å²) >= 11 is 0. The molecule has 150 valence electrons. The summed E-state index contributed by atoms with van der Waals surface area (Å²) in [6, 6.07) is 11.2. The van der Waals surface area contributed by atoms with Gasteiger partial charge >= 0.3 is 5.97 Å². The van der Waals surface area contributed by atoms with E-state index in [0.29, 0.717) is 12.1 Å². The van der Waals surface area contributed by atoms with E-state index in [1.807, 2.05) is 26.0 Å². The monoisotopic (exact) mass is 394 g/mol. The van der Waals surface area contributed by atoms with Crippen molar-refractivity contribution in [1.82, 2.24) is 4.90 Å². The lowest BCUT2D eigenvalue weighted by Crippen LogP contribution is -2.37. The van der Waals surface area contributed by atoms with E-state index < -0.39 is 24.4 Å². The molecule has 2 aromatic carbocycles. The molecule has 0 aromatic heterocycles. The summed E-state index contributed by atoms with van der Waals surface area (Å²) in [6.07, 6.45) is 0.635. The fourth-order valence-electron chi connectivity index (χ4n) is 3.02. The van der Waals surface area contributed by atoms with E-state index in [1.165, 1.54) is 23.1 Å². The smallest absolute Gasteiger partial charge is 0.338 e. The maximum Gasteiger partial charge on any atom is 0.338 e. The van der Waals surface area contributed by atoms with Gasteiger partial charge in [-0.05, 0) is 50.6 Å². The molecule has 0 spiro atoms. The summed E-state index contributed by atoms with van der Waals surface area (Å²) in [5, 5.41) is 2.63. The Morgan fingerprint density at radius 1 is 1.03 bits per heavy atom. The van der Waals surface area contributed by atoms with Crippen molar-refractivity contribution in [2.75, 3.05) is 11.9 Å². The molecule has 0 bridgehead atoms. The lowest BCUT2D eigenvalue weighted by molar-refractivity contribution is -0.119. The molecule has 0 radical (unpaired) electrons. The lowest BCUT2D eigenvalue weighted by atomic mass is 10.1. The molecule has 1 aliphatic rings. The standard InChI is InChI=1S/C22H22N2O5/c1-4-14(3)24-20(26)17-10-7-15(11-18(17)21(24)27)22(28)29-12-19(25)23-16-8-5-13(2)6-9-16/h5-11,14H,4,12H2,1-3H3,(H,23,25)/t14-/m1/s1. The summed E-state index contributed by atoms with van der Waals surface area (Å²) in [7, 11) is 0. The van der Waals surface area contributed by atoms with E-state index in [2.05, 4.69) is 5.32 Å². The molecular formula is C22H22N2O5. The number of fused-ring (bicyclic) bond motifs is 1. The molecule has 1 heterocycles. The predicted octanol–water partition coefficient (Wildman–Crippen LogP) is 3.19. The average molecular weight is 394 g/mol. The van der Waals surface area contributed by atoms with Crippen LogP contribution in [0.2, 0.25) is 0 Å². The van der Waals surface area contributed by atoms with Crippen LogP contribution < -0.4 is 5.32 Å². The topological polar surface area (TPSA) is 92.8 Å². The molecule has 0 saturated heterocycles. The van der Waals surface area contributed by atoms with E-state index in [0.717, 1.165) is 5.56 Å². The van der Waals surface area contributed by atoms with Gasteiger partial charge in [0.25, 0.3) is 17.7 Å². The van der Waals surface area contributed by atoms with E-state index in [-0.39, 0.29) is 28.6 Å². The zero-order chi connectivity index (χ0) is 21.1. The zero-order valence-corrected chi connectivity index (χ0v) is 16.5. The van der Waals surface area contributed by atoms with Crippen LogP contribution in [0.4, 0.5) is 5.69 Å². The van der Waals surface area contributed by atoms with Crippen LogP contribution in [0, 0.1) is 6.92 Å². The number of carbonyl (C=O) groups excluding carboxylic acids is 4. The Morgan fingerprint density at radius 3 is 2.34 bits per heavy atom. The molecular weight excluding hydrogens is 372 g/mol. The van der Waals surface area contributed by atoms with Crippen molar-refractivity contribution in [3.8, 4) is 0 Å². The van der Waals surface area contributed by atoms with Crippen molar-refractivity contribution >= 4 is 29.4 Å². The first-order valence-electron chi connectivity index (χ1n) is 9.37.